The summed E-state index contributed by atoms with van der Waals surface area (Å²) in [6.07, 6.45) is 1.61. The molecule has 1 amide bonds. The van der Waals surface area contributed by atoms with E-state index < -0.39 is 4.92 Å². The molecule has 0 spiro atoms. The van der Waals surface area contributed by atoms with Crippen molar-refractivity contribution in [3.8, 4) is 11.3 Å². The van der Waals surface area contributed by atoms with Gasteiger partial charge in [-0.25, -0.2) is 0 Å². The van der Waals surface area contributed by atoms with Crippen LogP contribution in [-0.2, 0) is 4.79 Å². The Morgan fingerprint density at radius 3 is 2.35 bits per heavy atom. The quantitative estimate of drug-likeness (QED) is 0.227. The molecule has 7 nitrogen and oxygen atoms in total. The highest BCUT2D eigenvalue weighted by Gasteiger charge is 2.35. The molecule has 3 heterocycles. The number of nitrogens with zero attached hydrogens (tertiary/aromatic N) is 3. The molecule has 1 aliphatic rings. The number of carbonyl (C=O) groups is 1. The van der Waals surface area contributed by atoms with E-state index in [1.807, 2.05) is 39.8 Å². The molecule has 0 saturated carbocycles. The minimum Gasteiger partial charge on any atom is -0.456 e. The summed E-state index contributed by atoms with van der Waals surface area (Å²) in [6, 6.07) is 10.5. The highest BCUT2D eigenvalue weighted by molar-refractivity contribution is 8.27. The van der Waals surface area contributed by atoms with Crippen LogP contribution >= 0.6 is 24.0 Å². The van der Waals surface area contributed by atoms with Gasteiger partial charge < -0.3 is 4.42 Å². The number of aryl methyl sites for hydroxylation is 4. The maximum Gasteiger partial charge on any atom is 0.285 e. The molecule has 1 aromatic carbocycles. The summed E-state index contributed by atoms with van der Waals surface area (Å²) in [5, 5.41) is 13.0. The van der Waals surface area contributed by atoms with Crippen molar-refractivity contribution >= 4 is 46.0 Å². The highest BCUT2D eigenvalue weighted by Crippen LogP contribution is 2.36. The van der Waals surface area contributed by atoms with E-state index in [1.54, 1.807) is 35.0 Å². The van der Waals surface area contributed by atoms with Crippen LogP contribution in [0.3, 0.4) is 0 Å². The highest BCUT2D eigenvalue weighted by atomic mass is 32.2. The molecule has 2 aromatic heterocycles. The summed E-state index contributed by atoms with van der Waals surface area (Å²) < 4.78 is 8.07. The molecule has 1 saturated heterocycles. The topological polar surface area (TPSA) is 81.5 Å². The summed E-state index contributed by atoms with van der Waals surface area (Å²) in [4.78, 5) is 24.5. The van der Waals surface area contributed by atoms with Crippen molar-refractivity contribution in [2.75, 3.05) is 5.01 Å². The van der Waals surface area contributed by atoms with Gasteiger partial charge in [-0.05, 0) is 81.4 Å². The van der Waals surface area contributed by atoms with Gasteiger partial charge in [0, 0.05) is 23.5 Å². The van der Waals surface area contributed by atoms with E-state index in [0.717, 1.165) is 22.5 Å². The van der Waals surface area contributed by atoms with Gasteiger partial charge in [-0.3, -0.25) is 19.6 Å². The van der Waals surface area contributed by atoms with Gasteiger partial charge in [0.2, 0.25) is 0 Å². The van der Waals surface area contributed by atoms with Gasteiger partial charge in [-0.15, -0.1) is 0 Å². The summed E-state index contributed by atoms with van der Waals surface area (Å²) in [5.74, 6) is 0.546. The number of carbonyl (C=O) groups excluding carboxylic acids is 1. The number of amides is 1. The van der Waals surface area contributed by atoms with Gasteiger partial charge in [0.05, 0.1) is 15.4 Å². The molecule has 0 N–H and O–H groups in total. The molecule has 0 aliphatic carbocycles. The lowest BCUT2D eigenvalue weighted by atomic mass is 10.0. The average molecular weight is 454 g/mol. The van der Waals surface area contributed by atoms with Gasteiger partial charge in [0.25, 0.3) is 11.6 Å². The zero-order valence-corrected chi connectivity index (χ0v) is 19.0. The number of nitro groups is 1. The normalized spacial score (nSPS) is 15.4. The van der Waals surface area contributed by atoms with Gasteiger partial charge in [0.1, 0.15) is 11.5 Å². The first-order valence-electron chi connectivity index (χ1n) is 9.46. The Hall–Kier alpha value is -3.17. The number of hydrogen-bond donors (Lipinski definition) is 0. The Morgan fingerprint density at radius 1 is 1.06 bits per heavy atom. The summed E-state index contributed by atoms with van der Waals surface area (Å²) in [6.45, 7) is 7.54. The van der Waals surface area contributed by atoms with Crippen LogP contribution in [-0.4, -0.2) is 19.8 Å². The Morgan fingerprint density at radius 2 is 1.71 bits per heavy atom. The lowest BCUT2D eigenvalue weighted by Crippen LogP contribution is -2.39. The van der Waals surface area contributed by atoms with Crippen molar-refractivity contribution in [3.63, 3.8) is 0 Å². The lowest BCUT2D eigenvalue weighted by molar-refractivity contribution is -0.384. The van der Waals surface area contributed by atoms with E-state index in [1.165, 1.54) is 16.8 Å². The Balaban J connectivity index is 1.69. The molecule has 0 atom stereocenters. The molecule has 9 heteroatoms. The van der Waals surface area contributed by atoms with E-state index in [4.69, 9.17) is 16.6 Å². The van der Waals surface area contributed by atoms with E-state index in [9.17, 15) is 14.9 Å². The van der Waals surface area contributed by atoms with Crippen LogP contribution in [0.15, 0.2) is 45.7 Å². The summed E-state index contributed by atoms with van der Waals surface area (Å²) in [5.41, 5.74) is 3.95. The third-order valence-corrected chi connectivity index (χ3v) is 6.46. The number of hydrogen-bond acceptors (Lipinski definition) is 6. The van der Waals surface area contributed by atoms with E-state index in [-0.39, 0.29) is 11.6 Å². The molecule has 158 valence electrons. The minimum absolute atomic E-state index is 0.0196. The monoisotopic (exact) mass is 453 g/mol. The van der Waals surface area contributed by atoms with Crippen LogP contribution < -0.4 is 5.01 Å². The van der Waals surface area contributed by atoms with Gasteiger partial charge in [0.15, 0.2) is 4.32 Å². The predicted molar refractivity (Wildman–Crippen MR) is 126 cm³/mol. The first kappa shape index (κ1) is 21.1. The Labute approximate surface area is 188 Å². The van der Waals surface area contributed by atoms with Crippen LogP contribution in [0.25, 0.3) is 17.4 Å². The van der Waals surface area contributed by atoms with E-state index >= 15 is 0 Å². The summed E-state index contributed by atoms with van der Waals surface area (Å²) in [7, 11) is 0. The number of nitro benzene ring substituents is 1. The number of furan rings is 1. The van der Waals surface area contributed by atoms with Crippen molar-refractivity contribution in [1.29, 1.82) is 0 Å². The average Bonchev–Trinajstić information content (AvgIpc) is 3.37. The van der Waals surface area contributed by atoms with Crippen molar-refractivity contribution in [1.82, 2.24) is 4.68 Å². The molecule has 3 aromatic rings. The number of thiocarbonyl (C=S) groups is 1. The van der Waals surface area contributed by atoms with Gasteiger partial charge in [-0.2, -0.15) is 5.01 Å². The van der Waals surface area contributed by atoms with E-state index in [0.29, 0.717) is 26.3 Å². The van der Waals surface area contributed by atoms with Gasteiger partial charge >= 0.3 is 0 Å². The smallest absolute Gasteiger partial charge is 0.285 e. The first-order valence-corrected chi connectivity index (χ1v) is 10.7. The van der Waals surface area contributed by atoms with Crippen LogP contribution in [0.1, 0.15) is 28.3 Å². The Bertz CT molecular complexity index is 1270. The van der Waals surface area contributed by atoms with Crippen molar-refractivity contribution in [3.05, 3.63) is 79.7 Å². The lowest BCUT2D eigenvalue weighted by Gasteiger charge is -2.20. The SMILES string of the molecule is Cc1cc(-c2ccc(/C=C3/SC(=S)N(n4c(C)ccc4C)C3=O)o2)c([N+](=O)[O-])cc1C. The predicted octanol–water partition coefficient (Wildman–Crippen LogP) is 5.43. The summed E-state index contributed by atoms with van der Waals surface area (Å²) >= 11 is 6.62. The van der Waals surface area contributed by atoms with Crippen LogP contribution in [0.2, 0.25) is 0 Å². The maximum atomic E-state index is 13.0. The second-order valence-corrected chi connectivity index (χ2v) is 9.01. The number of benzene rings is 1. The third-order valence-electron chi connectivity index (χ3n) is 5.18. The second kappa shape index (κ2) is 7.82. The van der Waals surface area contributed by atoms with Crippen LogP contribution in [0.4, 0.5) is 5.69 Å². The number of aromatic nitrogens is 1. The molecular formula is C22H19N3O4S2. The number of thioether (sulfide) groups is 1. The molecule has 4 rings (SSSR count). The zero-order valence-electron chi connectivity index (χ0n) is 17.3. The number of rotatable bonds is 4. The fraction of sp³-hybridized carbons (Fsp3) is 0.182. The molecule has 0 unspecified atom stereocenters. The Kier molecular flexibility index (Phi) is 5.32. The first-order chi connectivity index (χ1) is 14.7. The maximum absolute atomic E-state index is 13.0. The zero-order chi connectivity index (χ0) is 22.4. The molecule has 31 heavy (non-hydrogen) atoms. The largest absolute Gasteiger partial charge is 0.456 e. The minimum atomic E-state index is -0.420. The van der Waals surface area contributed by atoms with Crippen molar-refractivity contribution in [2.24, 2.45) is 0 Å². The van der Waals surface area contributed by atoms with E-state index in [2.05, 4.69) is 0 Å². The van der Waals surface area contributed by atoms with Gasteiger partial charge in [-0.1, -0.05) is 11.8 Å². The molecular weight excluding hydrogens is 434 g/mol. The van der Waals surface area contributed by atoms with Crippen molar-refractivity contribution < 1.29 is 14.1 Å². The van der Waals surface area contributed by atoms with Crippen molar-refractivity contribution in [2.45, 2.75) is 27.7 Å². The second-order valence-electron chi connectivity index (χ2n) is 7.33. The molecule has 1 aliphatic heterocycles. The molecule has 0 radical (unpaired) electrons. The molecule has 1 fully saturated rings. The third kappa shape index (κ3) is 3.70. The van der Waals surface area contributed by atoms with Crippen LogP contribution in [0.5, 0.6) is 0 Å². The standard InChI is InChI=1S/C22H19N3O4S2/c1-12-9-17(18(25(27)28)10-13(12)2)19-8-7-16(29-19)11-20-21(26)24(22(30)31-20)23-14(3)5-6-15(23)4/h5-11H,1-4H3/b20-11+. The molecule has 0 bridgehead atoms. The fourth-order valence-electron chi connectivity index (χ4n) is 3.46. The van der Waals surface area contributed by atoms with Crippen LogP contribution in [0, 0.1) is 37.8 Å². The fourth-order valence-corrected chi connectivity index (χ4v) is 4.68.